The number of para-hydroxylation sites is 1. The molecule has 5 nitrogen and oxygen atoms in total. The maximum atomic E-state index is 13.2. The number of hydrogen-bond donors (Lipinski definition) is 1. The zero-order valence-electron chi connectivity index (χ0n) is 15.5. The molecule has 1 atom stereocenters. The summed E-state index contributed by atoms with van der Waals surface area (Å²) < 4.78 is 11.3. The number of fused-ring (bicyclic) bond motifs is 2. The van der Waals surface area contributed by atoms with E-state index in [4.69, 9.17) is 9.47 Å². The first kappa shape index (κ1) is 16.7. The summed E-state index contributed by atoms with van der Waals surface area (Å²) in [4.78, 5) is 15.1. The summed E-state index contributed by atoms with van der Waals surface area (Å²) in [6, 6.07) is 21.5. The number of nitrogens with zero attached hydrogens (tertiary/aromatic N) is 1. The molecular formula is C23H20N2O3. The molecule has 0 saturated heterocycles. The summed E-state index contributed by atoms with van der Waals surface area (Å²) in [7, 11) is 0. The number of nitrogens with one attached hydrogen (secondary N) is 1. The molecule has 0 aromatic heterocycles. The van der Waals surface area contributed by atoms with E-state index in [-0.39, 0.29) is 12.1 Å². The number of anilines is 2. The number of benzene rings is 3. The summed E-state index contributed by atoms with van der Waals surface area (Å²) in [6.45, 7) is 3.12. The summed E-state index contributed by atoms with van der Waals surface area (Å²) >= 11 is 0. The molecule has 1 amide bonds. The predicted molar refractivity (Wildman–Crippen MR) is 108 cm³/mol. The van der Waals surface area contributed by atoms with Crippen LogP contribution in [0.25, 0.3) is 0 Å². The van der Waals surface area contributed by atoms with Crippen LogP contribution in [0.1, 0.15) is 27.7 Å². The monoisotopic (exact) mass is 372 g/mol. The fourth-order valence-electron chi connectivity index (χ4n) is 3.83. The first-order valence-corrected chi connectivity index (χ1v) is 9.37. The molecule has 0 fully saturated rings. The van der Waals surface area contributed by atoms with Crippen LogP contribution in [0.5, 0.6) is 11.5 Å². The first-order valence-electron chi connectivity index (χ1n) is 9.37. The second-order valence-corrected chi connectivity index (χ2v) is 6.95. The third-order valence-corrected chi connectivity index (χ3v) is 5.18. The fraction of sp³-hybridized carbons (Fsp3) is 0.174. The zero-order valence-corrected chi connectivity index (χ0v) is 15.5. The highest BCUT2D eigenvalue weighted by molar-refractivity contribution is 6.11. The van der Waals surface area contributed by atoms with Crippen molar-refractivity contribution in [3.63, 3.8) is 0 Å². The van der Waals surface area contributed by atoms with Gasteiger partial charge in [0.15, 0.2) is 11.5 Å². The van der Waals surface area contributed by atoms with Crippen molar-refractivity contribution in [2.24, 2.45) is 0 Å². The highest BCUT2D eigenvalue weighted by atomic mass is 16.6. The van der Waals surface area contributed by atoms with E-state index in [0.29, 0.717) is 13.2 Å². The molecule has 3 aromatic carbocycles. The van der Waals surface area contributed by atoms with Crippen molar-refractivity contribution in [2.45, 2.75) is 13.1 Å². The van der Waals surface area contributed by atoms with Crippen LogP contribution in [-0.4, -0.2) is 19.1 Å². The van der Waals surface area contributed by atoms with E-state index >= 15 is 0 Å². The van der Waals surface area contributed by atoms with Crippen molar-refractivity contribution in [1.82, 2.24) is 0 Å². The third-order valence-electron chi connectivity index (χ3n) is 5.18. The van der Waals surface area contributed by atoms with Crippen LogP contribution >= 0.6 is 0 Å². The number of carbonyl (C=O) groups is 1. The molecular weight excluding hydrogens is 352 g/mol. The summed E-state index contributed by atoms with van der Waals surface area (Å²) in [6.07, 6.45) is -0.299. The summed E-state index contributed by atoms with van der Waals surface area (Å²) in [5.41, 5.74) is 4.51. The maximum Gasteiger partial charge on any atom is 0.260 e. The summed E-state index contributed by atoms with van der Waals surface area (Å²) in [5, 5.41) is 3.52. The molecule has 1 N–H and O–H groups in total. The van der Waals surface area contributed by atoms with E-state index in [9.17, 15) is 4.79 Å². The Kier molecular flexibility index (Phi) is 3.93. The topological polar surface area (TPSA) is 50.8 Å². The van der Waals surface area contributed by atoms with Crippen LogP contribution < -0.4 is 19.7 Å². The minimum Gasteiger partial charge on any atom is -0.486 e. The Balaban J connectivity index is 1.57. The number of ether oxygens (including phenoxy) is 2. The van der Waals surface area contributed by atoms with Crippen LogP contribution in [0.3, 0.4) is 0 Å². The lowest BCUT2D eigenvalue weighted by atomic mass is 10.1. The van der Waals surface area contributed by atoms with Crippen LogP contribution in [-0.2, 0) is 0 Å². The molecule has 2 aliphatic heterocycles. The van der Waals surface area contributed by atoms with Gasteiger partial charge in [0.1, 0.15) is 19.4 Å². The van der Waals surface area contributed by atoms with Crippen molar-refractivity contribution in [1.29, 1.82) is 0 Å². The Morgan fingerprint density at radius 3 is 2.54 bits per heavy atom. The Morgan fingerprint density at radius 2 is 1.68 bits per heavy atom. The molecule has 0 unspecified atom stereocenters. The molecule has 0 spiro atoms. The fourth-order valence-corrected chi connectivity index (χ4v) is 3.83. The minimum absolute atomic E-state index is 0.0000525. The van der Waals surface area contributed by atoms with Crippen molar-refractivity contribution >= 4 is 17.3 Å². The van der Waals surface area contributed by atoms with Gasteiger partial charge in [-0.05, 0) is 36.8 Å². The van der Waals surface area contributed by atoms with Crippen LogP contribution in [0.2, 0.25) is 0 Å². The van der Waals surface area contributed by atoms with Gasteiger partial charge in [-0.1, -0.05) is 36.4 Å². The predicted octanol–water partition coefficient (Wildman–Crippen LogP) is 4.54. The lowest BCUT2D eigenvalue weighted by molar-refractivity contribution is 0.0993. The number of hydrogen-bond acceptors (Lipinski definition) is 4. The van der Waals surface area contributed by atoms with Crippen LogP contribution in [0, 0.1) is 6.92 Å². The van der Waals surface area contributed by atoms with Gasteiger partial charge in [0, 0.05) is 28.6 Å². The maximum absolute atomic E-state index is 13.2. The Bertz CT molecular complexity index is 1060. The van der Waals surface area contributed by atoms with Gasteiger partial charge < -0.3 is 14.8 Å². The summed E-state index contributed by atoms with van der Waals surface area (Å²) in [5.74, 6) is 1.46. The second-order valence-electron chi connectivity index (χ2n) is 6.95. The Labute approximate surface area is 163 Å². The SMILES string of the molecule is Cc1ccccc1N1C(=O)c2ccccc2[C@H]1Nc1ccc2c(c1)OCCO2. The van der Waals surface area contributed by atoms with Gasteiger partial charge in [-0.2, -0.15) is 0 Å². The molecule has 0 saturated carbocycles. The largest absolute Gasteiger partial charge is 0.486 e. The zero-order chi connectivity index (χ0) is 19.1. The van der Waals surface area contributed by atoms with E-state index in [1.54, 1.807) is 0 Å². The molecule has 5 rings (SSSR count). The van der Waals surface area contributed by atoms with Crippen molar-refractivity contribution in [3.8, 4) is 11.5 Å². The molecule has 140 valence electrons. The molecule has 0 radical (unpaired) electrons. The van der Waals surface area contributed by atoms with E-state index < -0.39 is 0 Å². The molecule has 0 aliphatic carbocycles. The lowest BCUT2D eigenvalue weighted by Gasteiger charge is -2.29. The quantitative estimate of drug-likeness (QED) is 0.733. The van der Waals surface area contributed by atoms with E-state index in [1.807, 2.05) is 78.6 Å². The second kappa shape index (κ2) is 6.60. The number of aryl methyl sites for hydroxylation is 1. The Morgan fingerprint density at radius 1 is 0.929 bits per heavy atom. The van der Waals surface area contributed by atoms with Crippen molar-refractivity contribution in [3.05, 3.63) is 83.4 Å². The highest BCUT2D eigenvalue weighted by Gasteiger charge is 2.38. The van der Waals surface area contributed by atoms with Gasteiger partial charge in [0.05, 0.1) is 0 Å². The van der Waals surface area contributed by atoms with Gasteiger partial charge in [0.25, 0.3) is 5.91 Å². The van der Waals surface area contributed by atoms with Crippen molar-refractivity contribution in [2.75, 3.05) is 23.4 Å². The standard InChI is InChI=1S/C23H20N2O3/c1-15-6-2-5-9-19(15)25-22(17-7-3-4-8-18(17)23(25)26)24-16-10-11-20-21(14-16)28-13-12-27-20/h2-11,14,22,24H,12-13H2,1H3/t22-/m0/s1. The van der Waals surface area contributed by atoms with Crippen LogP contribution in [0.4, 0.5) is 11.4 Å². The van der Waals surface area contributed by atoms with Crippen molar-refractivity contribution < 1.29 is 14.3 Å². The molecule has 28 heavy (non-hydrogen) atoms. The van der Waals surface area contributed by atoms with Gasteiger partial charge in [0.2, 0.25) is 0 Å². The molecule has 5 heteroatoms. The highest BCUT2D eigenvalue weighted by Crippen LogP contribution is 2.40. The average Bonchev–Trinajstić information content (AvgIpc) is 3.00. The van der Waals surface area contributed by atoms with E-state index in [0.717, 1.165) is 39.6 Å². The molecule has 0 bridgehead atoms. The Hall–Kier alpha value is -3.47. The van der Waals surface area contributed by atoms with Gasteiger partial charge in [-0.25, -0.2) is 0 Å². The van der Waals surface area contributed by atoms with Gasteiger partial charge in [-0.3, -0.25) is 9.69 Å². The third kappa shape index (κ3) is 2.67. The van der Waals surface area contributed by atoms with Crippen LogP contribution in [0.15, 0.2) is 66.7 Å². The average molecular weight is 372 g/mol. The minimum atomic E-state index is -0.299. The van der Waals surface area contributed by atoms with Gasteiger partial charge >= 0.3 is 0 Å². The van der Waals surface area contributed by atoms with E-state index in [1.165, 1.54) is 0 Å². The molecule has 2 aliphatic rings. The van der Waals surface area contributed by atoms with E-state index in [2.05, 4.69) is 5.32 Å². The smallest absolute Gasteiger partial charge is 0.260 e. The number of rotatable bonds is 3. The molecule has 2 heterocycles. The van der Waals surface area contributed by atoms with Gasteiger partial charge in [-0.15, -0.1) is 0 Å². The first-order chi connectivity index (χ1) is 13.7. The lowest BCUT2D eigenvalue weighted by Crippen LogP contribution is -2.32. The molecule has 3 aromatic rings. The number of amides is 1. The normalized spacial score (nSPS) is 17.4. The number of carbonyl (C=O) groups excluding carboxylic acids is 1.